The van der Waals surface area contributed by atoms with Gasteiger partial charge in [-0.05, 0) is 70.2 Å². The van der Waals surface area contributed by atoms with Gasteiger partial charge in [0.05, 0.1) is 32.3 Å². The number of nitrogens with zero attached hydrogens (tertiary/aromatic N) is 4. The Morgan fingerprint density at radius 2 is 1.20 bits per heavy atom. The van der Waals surface area contributed by atoms with Crippen LogP contribution in [0.25, 0.3) is 21.8 Å². The molecule has 4 aromatic carbocycles. The van der Waals surface area contributed by atoms with Gasteiger partial charge in [0.1, 0.15) is 5.82 Å². The Morgan fingerprint density at radius 3 is 1.71 bits per heavy atom. The lowest BCUT2D eigenvalue weighted by atomic mass is 9.92. The third kappa shape index (κ3) is 4.63. The van der Waals surface area contributed by atoms with Crippen LogP contribution in [0.4, 0.5) is 17.3 Å². The molecule has 1 aliphatic carbocycles. The number of carbonyl (C=O) groups excluding carboxylic acids is 2. The lowest BCUT2D eigenvalue weighted by molar-refractivity contribution is 0.0988. The average molecular weight is 634 g/mol. The Bertz CT molecular complexity index is 2080. The molecule has 0 atom stereocenters. The molecule has 1 aliphatic heterocycles. The molecule has 1 aromatic heterocycles. The Kier molecular flexibility index (Phi) is 7.03. The standard InChI is InChI=1S/C37H30Cl2N4O2/c1-19(2)23-11-8-12-24(20(3)4)33(23)43-32(42(5)36-37(43)41-31-18-29(39)28(38)17-30(31)40-36)14-13-25-34(44)26-15-21-9-6-7-10-22(21)16-27(26)35(25)45/h6-20H,1-5H3/b32-14+. The first-order chi connectivity index (χ1) is 21.5. The Hall–Kier alpha value is -4.52. The van der Waals surface area contributed by atoms with E-state index in [2.05, 4.69) is 50.8 Å². The SMILES string of the molecule is CC(C)c1cccc(C(C)C)c1N1/C(=C/C=C2C(=O)c3cc4ccccc4cc3C2=O)N(C)c2nc3cc(Cl)c(Cl)cc3nc21. The van der Waals surface area contributed by atoms with Crippen LogP contribution in [0.1, 0.15) is 71.4 Å². The summed E-state index contributed by atoms with van der Waals surface area (Å²) in [5, 5.41) is 2.64. The largest absolute Gasteiger partial charge is 0.312 e. The van der Waals surface area contributed by atoms with Crippen molar-refractivity contribution in [2.45, 2.75) is 39.5 Å². The van der Waals surface area contributed by atoms with Crippen molar-refractivity contribution in [1.82, 2.24) is 9.97 Å². The van der Waals surface area contributed by atoms with E-state index in [1.165, 1.54) is 0 Å². The number of ketones is 2. The normalized spacial score (nSPS) is 15.4. The van der Waals surface area contributed by atoms with Gasteiger partial charge < -0.3 is 4.90 Å². The second-order valence-electron chi connectivity index (χ2n) is 12.1. The molecule has 45 heavy (non-hydrogen) atoms. The molecule has 0 radical (unpaired) electrons. The second kappa shape index (κ2) is 10.8. The predicted molar refractivity (Wildman–Crippen MR) is 183 cm³/mol. The van der Waals surface area contributed by atoms with Crippen LogP contribution in [0.15, 0.2) is 90.3 Å². The molecule has 2 heterocycles. The third-order valence-corrected chi connectivity index (χ3v) is 9.32. The molecule has 0 N–H and O–H groups in total. The quantitative estimate of drug-likeness (QED) is 0.145. The molecular formula is C37H30Cl2N4O2. The summed E-state index contributed by atoms with van der Waals surface area (Å²) in [7, 11) is 1.91. The second-order valence-corrected chi connectivity index (χ2v) is 12.9. The molecule has 0 fully saturated rings. The monoisotopic (exact) mass is 632 g/mol. The van der Waals surface area contributed by atoms with Crippen LogP contribution in [-0.2, 0) is 0 Å². The van der Waals surface area contributed by atoms with Crippen LogP contribution in [0, 0.1) is 0 Å². The van der Waals surface area contributed by atoms with E-state index >= 15 is 0 Å². The number of Topliss-reactive ketones (excluding diaryl/α,β-unsaturated/α-hetero) is 2. The fourth-order valence-electron chi connectivity index (χ4n) is 6.27. The highest BCUT2D eigenvalue weighted by atomic mass is 35.5. The van der Waals surface area contributed by atoms with Gasteiger partial charge in [-0.1, -0.05) is 93.4 Å². The van der Waals surface area contributed by atoms with E-state index in [0.717, 1.165) is 27.6 Å². The van der Waals surface area contributed by atoms with E-state index in [0.29, 0.717) is 49.7 Å². The molecule has 2 aliphatic rings. The van der Waals surface area contributed by atoms with E-state index in [-0.39, 0.29) is 29.0 Å². The molecule has 7 rings (SSSR count). The van der Waals surface area contributed by atoms with Gasteiger partial charge in [-0.2, -0.15) is 0 Å². The smallest absolute Gasteiger partial charge is 0.197 e. The summed E-state index contributed by atoms with van der Waals surface area (Å²) >= 11 is 12.8. The van der Waals surface area contributed by atoms with Crippen LogP contribution >= 0.6 is 23.2 Å². The Balaban J connectivity index is 1.45. The zero-order valence-electron chi connectivity index (χ0n) is 25.5. The average Bonchev–Trinajstić information content (AvgIpc) is 3.41. The summed E-state index contributed by atoms with van der Waals surface area (Å²) in [6, 6.07) is 21.2. The first kappa shape index (κ1) is 29.2. The zero-order chi connectivity index (χ0) is 31.7. The molecule has 0 amide bonds. The first-order valence-electron chi connectivity index (χ1n) is 14.9. The maximum atomic E-state index is 13.6. The van der Waals surface area contributed by atoms with Crippen molar-refractivity contribution in [3.63, 3.8) is 0 Å². The van der Waals surface area contributed by atoms with Crippen molar-refractivity contribution < 1.29 is 9.59 Å². The molecule has 6 nitrogen and oxygen atoms in total. The minimum atomic E-state index is -0.279. The summed E-state index contributed by atoms with van der Waals surface area (Å²) in [5.41, 5.74) is 5.50. The predicted octanol–water partition coefficient (Wildman–Crippen LogP) is 9.77. The lowest BCUT2D eigenvalue weighted by Gasteiger charge is -2.29. The van der Waals surface area contributed by atoms with Gasteiger partial charge >= 0.3 is 0 Å². The number of fused-ring (bicyclic) bond motifs is 4. The number of para-hydroxylation sites is 1. The van der Waals surface area contributed by atoms with Crippen molar-refractivity contribution in [3.8, 4) is 0 Å². The number of anilines is 3. The molecule has 8 heteroatoms. The van der Waals surface area contributed by atoms with Crippen LogP contribution in [0.2, 0.25) is 10.0 Å². The fourth-order valence-corrected chi connectivity index (χ4v) is 6.59. The first-order valence-corrected chi connectivity index (χ1v) is 15.7. The van der Waals surface area contributed by atoms with E-state index < -0.39 is 0 Å². The van der Waals surface area contributed by atoms with Crippen molar-refractivity contribution in [2.24, 2.45) is 0 Å². The van der Waals surface area contributed by atoms with Gasteiger partial charge in [0.15, 0.2) is 23.2 Å². The number of hydrogen-bond donors (Lipinski definition) is 0. The number of carbonyl (C=O) groups is 2. The van der Waals surface area contributed by atoms with Gasteiger partial charge in [0, 0.05) is 18.2 Å². The van der Waals surface area contributed by atoms with E-state index in [1.807, 2.05) is 54.4 Å². The summed E-state index contributed by atoms with van der Waals surface area (Å²) in [5.74, 6) is 1.81. The zero-order valence-corrected chi connectivity index (χ0v) is 27.0. The van der Waals surface area contributed by atoms with Crippen molar-refractivity contribution in [3.05, 3.63) is 123 Å². The third-order valence-electron chi connectivity index (χ3n) is 8.60. The molecule has 5 aromatic rings. The van der Waals surface area contributed by atoms with Crippen LogP contribution < -0.4 is 9.80 Å². The molecule has 0 unspecified atom stereocenters. The van der Waals surface area contributed by atoms with Gasteiger partial charge in [-0.3, -0.25) is 14.5 Å². The molecule has 0 bridgehead atoms. The lowest BCUT2D eigenvalue weighted by Crippen LogP contribution is -2.24. The highest BCUT2D eigenvalue weighted by molar-refractivity contribution is 6.42. The molecular weight excluding hydrogens is 603 g/mol. The highest BCUT2D eigenvalue weighted by Gasteiger charge is 2.38. The van der Waals surface area contributed by atoms with Crippen LogP contribution in [-0.4, -0.2) is 28.6 Å². The van der Waals surface area contributed by atoms with Crippen molar-refractivity contribution in [2.75, 3.05) is 16.8 Å². The van der Waals surface area contributed by atoms with Gasteiger partial charge in [-0.25, -0.2) is 9.97 Å². The summed E-state index contributed by atoms with van der Waals surface area (Å²) in [4.78, 5) is 41.3. The molecule has 0 saturated heterocycles. The van der Waals surface area contributed by atoms with E-state index in [9.17, 15) is 9.59 Å². The number of halogens is 2. The van der Waals surface area contributed by atoms with Gasteiger partial charge in [0.25, 0.3) is 0 Å². The maximum absolute atomic E-state index is 13.6. The Labute approximate surface area is 271 Å². The van der Waals surface area contributed by atoms with Crippen LogP contribution in [0.3, 0.4) is 0 Å². The van der Waals surface area contributed by atoms with Gasteiger partial charge in [0.2, 0.25) is 0 Å². The summed E-state index contributed by atoms with van der Waals surface area (Å²) in [6.07, 6.45) is 3.46. The molecule has 0 spiro atoms. The number of hydrogen-bond acceptors (Lipinski definition) is 6. The van der Waals surface area contributed by atoms with E-state index in [4.69, 9.17) is 33.2 Å². The van der Waals surface area contributed by atoms with Gasteiger partial charge in [-0.15, -0.1) is 0 Å². The highest BCUT2D eigenvalue weighted by Crippen LogP contribution is 2.49. The number of allylic oxidation sites excluding steroid dienone is 3. The summed E-state index contributed by atoms with van der Waals surface area (Å²) in [6.45, 7) is 8.67. The van der Waals surface area contributed by atoms with Crippen LogP contribution in [0.5, 0.6) is 0 Å². The number of aromatic nitrogens is 2. The van der Waals surface area contributed by atoms with Crippen molar-refractivity contribution >= 4 is 73.9 Å². The Morgan fingerprint density at radius 1 is 0.689 bits per heavy atom. The molecule has 224 valence electrons. The topological polar surface area (TPSA) is 66.4 Å². The summed E-state index contributed by atoms with van der Waals surface area (Å²) < 4.78 is 0. The molecule has 0 saturated carbocycles. The minimum absolute atomic E-state index is 0.128. The minimum Gasteiger partial charge on any atom is -0.312 e. The maximum Gasteiger partial charge on any atom is 0.197 e. The fraction of sp³-hybridized carbons (Fsp3) is 0.189. The number of benzene rings is 4. The number of rotatable bonds is 4. The van der Waals surface area contributed by atoms with Crippen molar-refractivity contribution in [1.29, 1.82) is 0 Å². The van der Waals surface area contributed by atoms with E-state index in [1.54, 1.807) is 18.2 Å².